The number of ether oxygens (including phenoxy) is 1. The van der Waals surface area contributed by atoms with Crippen molar-refractivity contribution in [2.24, 2.45) is 0 Å². The molecule has 0 saturated heterocycles. The van der Waals surface area contributed by atoms with Crippen molar-refractivity contribution in [3.05, 3.63) is 18.2 Å². The fraction of sp³-hybridized carbons (Fsp3) is 0.375. The van der Waals surface area contributed by atoms with Crippen molar-refractivity contribution in [1.82, 2.24) is 0 Å². The number of esters is 1. The summed E-state index contributed by atoms with van der Waals surface area (Å²) in [7, 11) is 0. The third kappa shape index (κ3) is 6.55. The predicted octanol–water partition coefficient (Wildman–Crippen LogP) is 0.884. The van der Waals surface area contributed by atoms with Crippen LogP contribution in [0.1, 0.15) is 13.3 Å². The Morgan fingerprint density at radius 3 is 2.91 bits per heavy atom. The van der Waals surface area contributed by atoms with E-state index in [0.717, 1.165) is 0 Å². The summed E-state index contributed by atoms with van der Waals surface area (Å²) >= 11 is 0. The largest absolute Gasteiger partial charge is 0.463 e. The summed E-state index contributed by atoms with van der Waals surface area (Å²) in [6.45, 7) is 2.10. The van der Waals surface area contributed by atoms with E-state index >= 15 is 0 Å². The SMILES string of the molecule is CCOC(=O)C=CCC=C=O. The van der Waals surface area contributed by atoms with Crippen LogP contribution in [-0.2, 0) is 14.3 Å². The zero-order valence-electron chi connectivity index (χ0n) is 6.37. The molecule has 0 bridgehead atoms. The lowest BCUT2D eigenvalue weighted by atomic mass is 10.4. The van der Waals surface area contributed by atoms with Crippen LogP contribution < -0.4 is 0 Å². The van der Waals surface area contributed by atoms with E-state index in [1.54, 1.807) is 18.9 Å². The molecule has 0 heterocycles. The summed E-state index contributed by atoms with van der Waals surface area (Å²) in [6.07, 6.45) is 4.54. The number of hydrogen-bond acceptors (Lipinski definition) is 3. The first-order valence-electron chi connectivity index (χ1n) is 3.34. The maximum Gasteiger partial charge on any atom is 0.330 e. The highest BCUT2D eigenvalue weighted by Gasteiger charge is 1.90. The number of allylic oxidation sites excluding steroid dienone is 2. The van der Waals surface area contributed by atoms with Gasteiger partial charge in [0.2, 0.25) is 0 Å². The lowest BCUT2D eigenvalue weighted by molar-refractivity contribution is -0.137. The monoisotopic (exact) mass is 154 g/mol. The smallest absolute Gasteiger partial charge is 0.330 e. The van der Waals surface area contributed by atoms with Crippen LogP contribution in [0.25, 0.3) is 0 Å². The molecular formula is C8H10O3. The first kappa shape index (κ1) is 9.66. The lowest BCUT2D eigenvalue weighted by Crippen LogP contribution is -1.98. The molecule has 11 heavy (non-hydrogen) atoms. The highest BCUT2D eigenvalue weighted by Crippen LogP contribution is 1.85. The van der Waals surface area contributed by atoms with Gasteiger partial charge in [0.05, 0.1) is 6.61 Å². The minimum absolute atomic E-state index is 0.368. The summed E-state index contributed by atoms with van der Waals surface area (Å²) in [4.78, 5) is 20.2. The van der Waals surface area contributed by atoms with E-state index in [2.05, 4.69) is 4.74 Å². The van der Waals surface area contributed by atoms with Crippen LogP contribution in [0.2, 0.25) is 0 Å². The summed E-state index contributed by atoms with van der Waals surface area (Å²) in [5.41, 5.74) is 0. The quantitative estimate of drug-likeness (QED) is 0.343. The van der Waals surface area contributed by atoms with Gasteiger partial charge in [-0.15, -0.1) is 0 Å². The van der Waals surface area contributed by atoms with Crippen molar-refractivity contribution in [3.63, 3.8) is 0 Å². The van der Waals surface area contributed by atoms with Crippen LogP contribution in [0.15, 0.2) is 18.2 Å². The number of hydrogen-bond donors (Lipinski definition) is 0. The fourth-order valence-corrected chi connectivity index (χ4v) is 0.471. The van der Waals surface area contributed by atoms with Gasteiger partial charge in [0.1, 0.15) is 5.94 Å². The second kappa shape index (κ2) is 6.78. The maximum absolute atomic E-state index is 10.6. The van der Waals surface area contributed by atoms with Crippen molar-refractivity contribution < 1.29 is 14.3 Å². The van der Waals surface area contributed by atoms with Gasteiger partial charge < -0.3 is 4.74 Å². The van der Waals surface area contributed by atoms with E-state index in [9.17, 15) is 9.59 Å². The molecule has 0 saturated carbocycles. The molecule has 0 fully saturated rings. The van der Waals surface area contributed by atoms with E-state index < -0.39 is 0 Å². The molecule has 0 amide bonds. The average Bonchev–Trinajstić information content (AvgIpc) is 1.99. The third-order valence-electron chi connectivity index (χ3n) is 0.878. The van der Waals surface area contributed by atoms with Crippen LogP contribution in [0.3, 0.4) is 0 Å². The molecular weight excluding hydrogens is 144 g/mol. The Balaban J connectivity index is 3.56. The van der Waals surface area contributed by atoms with Crippen LogP contribution >= 0.6 is 0 Å². The molecule has 60 valence electrons. The first-order valence-corrected chi connectivity index (χ1v) is 3.34. The minimum atomic E-state index is -0.383. The molecule has 0 aromatic heterocycles. The predicted molar refractivity (Wildman–Crippen MR) is 40.7 cm³/mol. The minimum Gasteiger partial charge on any atom is -0.463 e. The molecule has 0 spiro atoms. The molecule has 0 N–H and O–H groups in total. The number of carbonyl (C=O) groups excluding carboxylic acids is 2. The van der Waals surface area contributed by atoms with Gasteiger partial charge in [0, 0.05) is 12.2 Å². The summed E-state index contributed by atoms with van der Waals surface area (Å²) < 4.78 is 4.58. The van der Waals surface area contributed by atoms with Crippen LogP contribution in [0.4, 0.5) is 0 Å². The van der Waals surface area contributed by atoms with E-state index in [1.807, 2.05) is 0 Å². The standard InChI is InChI=1S/C8H10O3/c1-2-11-8(10)6-4-3-5-7-9/h4-6H,2-3H2,1H3. The summed E-state index contributed by atoms with van der Waals surface area (Å²) in [5.74, 6) is 1.21. The summed E-state index contributed by atoms with van der Waals surface area (Å²) in [5, 5.41) is 0. The van der Waals surface area contributed by atoms with Gasteiger partial charge in [0.15, 0.2) is 0 Å². The Hall–Kier alpha value is -1.34. The maximum atomic E-state index is 10.6. The molecule has 0 radical (unpaired) electrons. The number of carbonyl (C=O) groups is 1. The average molecular weight is 154 g/mol. The molecule has 0 atom stereocenters. The highest BCUT2D eigenvalue weighted by molar-refractivity contribution is 5.81. The van der Waals surface area contributed by atoms with Gasteiger partial charge in [0.25, 0.3) is 0 Å². The van der Waals surface area contributed by atoms with Crippen LogP contribution in [0, 0.1) is 0 Å². The zero-order chi connectivity index (χ0) is 8.53. The van der Waals surface area contributed by atoms with E-state index in [-0.39, 0.29) is 5.97 Å². The molecule has 0 aromatic rings. The summed E-state index contributed by atoms with van der Waals surface area (Å²) in [6, 6.07) is 0. The van der Waals surface area contributed by atoms with Crippen molar-refractivity contribution in [2.75, 3.05) is 6.61 Å². The van der Waals surface area contributed by atoms with E-state index in [0.29, 0.717) is 13.0 Å². The van der Waals surface area contributed by atoms with Crippen LogP contribution in [-0.4, -0.2) is 18.5 Å². The molecule has 0 rings (SSSR count). The van der Waals surface area contributed by atoms with Gasteiger partial charge in [-0.3, -0.25) is 0 Å². The first-order chi connectivity index (χ1) is 5.31. The van der Waals surface area contributed by atoms with E-state index in [4.69, 9.17) is 0 Å². The zero-order valence-corrected chi connectivity index (χ0v) is 6.37. The third-order valence-corrected chi connectivity index (χ3v) is 0.878. The fourth-order valence-electron chi connectivity index (χ4n) is 0.471. The second-order valence-electron chi connectivity index (χ2n) is 1.71. The Kier molecular flexibility index (Phi) is 5.95. The molecule has 0 aliphatic rings. The van der Waals surface area contributed by atoms with Gasteiger partial charge in [-0.2, -0.15) is 0 Å². The second-order valence-corrected chi connectivity index (χ2v) is 1.71. The van der Waals surface area contributed by atoms with Gasteiger partial charge in [-0.25, -0.2) is 9.59 Å². The van der Waals surface area contributed by atoms with E-state index in [1.165, 1.54) is 12.2 Å². The van der Waals surface area contributed by atoms with Crippen molar-refractivity contribution in [3.8, 4) is 0 Å². The molecule has 0 aliphatic heterocycles. The van der Waals surface area contributed by atoms with Gasteiger partial charge in [-0.1, -0.05) is 6.08 Å². The molecule has 0 aliphatic carbocycles. The Morgan fingerprint density at radius 1 is 1.64 bits per heavy atom. The molecule has 3 heteroatoms. The van der Waals surface area contributed by atoms with Crippen LogP contribution in [0.5, 0.6) is 0 Å². The van der Waals surface area contributed by atoms with Crippen molar-refractivity contribution >= 4 is 11.9 Å². The lowest BCUT2D eigenvalue weighted by Gasteiger charge is -1.92. The topological polar surface area (TPSA) is 43.4 Å². The highest BCUT2D eigenvalue weighted by atomic mass is 16.5. The Bertz CT molecular complexity index is 188. The van der Waals surface area contributed by atoms with Gasteiger partial charge >= 0.3 is 5.97 Å². The van der Waals surface area contributed by atoms with Gasteiger partial charge in [-0.05, 0) is 13.3 Å². The molecule has 0 unspecified atom stereocenters. The van der Waals surface area contributed by atoms with Crippen molar-refractivity contribution in [2.45, 2.75) is 13.3 Å². The molecule has 3 nitrogen and oxygen atoms in total. The Morgan fingerprint density at radius 2 is 2.36 bits per heavy atom. The number of rotatable bonds is 4. The Labute approximate surface area is 65.4 Å². The van der Waals surface area contributed by atoms with Crippen molar-refractivity contribution in [1.29, 1.82) is 0 Å². The normalized spacial score (nSPS) is 9.18. The molecule has 0 aromatic carbocycles.